The maximum atomic E-state index is 9.02. The smallest absolute Gasteiger partial charge is 0.203 e. The van der Waals surface area contributed by atoms with Gasteiger partial charge in [0, 0.05) is 12.1 Å². The maximum Gasteiger partial charge on any atom is 0.203 e. The van der Waals surface area contributed by atoms with Crippen LogP contribution in [0.15, 0.2) is 72.8 Å². The molecule has 1 atom stereocenters. The second kappa shape index (κ2) is 8.90. The molecule has 4 nitrogen and oxygen atoms in total. The van der Waals surface area contributed by atoms with Gasteiger partial charge in [-0.2, -0.15) is 0 Å². The average molecular weight is 420 g/mol. The van der Waals surface area contributed by atoms with Crippen molar-refractivity contribution in [2.24, 2.45) is 0 Å². The molecule has 1 heterocycles. The van der Waals surface area contributed by atoms with Gasteiger partial charge in [-0.15, -0.1) is 0 Å². The number of aryl methyl sites for hydroxylation is 1. The van der Waals surface area contributed by atoms with Crippen LogP contribution >= 0.6 is 11.6 Å². The van der Waals surface area contributed by atoms with Gasteiger partial charge >= 0.3 is 0 Å². The average Bonchev–Trinajstić information content (AvgIpc) is 3.02. The van der Waals surface area contributed by atoms with Gasteiger partial charge in [-0.1, -0.05) is 65.7 Å². The van der Waals surface area contributed by atoms with Gasteiger partial charge in [0.25, 0.3) is 0 Å². The first-order valence-corrected chi connectivity index (χ1v) is 10.5. The number of imidazole rings is 1. The van der Waals surface area contributed by atoms with E-state index in [1.165, 1.54) is 11.1 Å². The Morgan fingerprint density at radius 2 is 1.53 bits per heavy atom. The minimum atomic E-state index is 0.0292. The van der Waals surface area contributed by atoms with Crippen LogP contribution in [0.5, 0.6) is 0 Å². The third kappa shape index (κ3) is 4.20. The van der Waals surface area contributed by atoms with Crippen molar-refractivity contribution in [2.45, 2.75) is 25.9 Å². The molecule has 0 saturated carbocycles. The molecule has 4 aromatic rings. The highest BCUT2D eigenvalue weighted by Gasteiger charge is 2.19. The Hall–Kier alpha value is -2.82. The van der Waals surface area contributed by atoms with Crippen LogP contribution in [0.3, 0.4) is 0 Å². The highest BCUT2D eigenvalue weighted by atomic mass is 35.5. The monoisotopic (exact) mass is 419 g/mol. The Bertz CT molecular complexity index is 1190. The molecule has 1 N–H and O–H groups in total. The Labute approximate surface area is 181 Å². The third-order valence-electron chi connectivity index (χ3n) is 5.49. The second-order valence-corrected chi connectivity index (χ2v) is 8.13. The number of methoxy groups -OCH3 is 1. The van der Waals surface area contributed by atoms with E-state index in [4.69, 9.17) is 21.7 Å². The van der Waals surface area contributed by atoms with E-state index in [9.17, 15) is 0 Å². The molecule has 0 aliphatic carbocycles. The topological polar surface area (TPSA) is 42.9 Å². The van der Waals surface area contributed by atoms with Gasteiger partial charge in [-0.3, -0.25) is 5.41 Å². The van der Waals surface area contributed by atoms with E-state index in [0.29, 0.717) is 18.8 Å². The van der Waals surface area contributed by atoms with Gasteiger partial charge in [0.1, 0.15) is 0 Å². The molecule has 0 bridgehead atoms. The Morgan fingerprint density at radius 1 is 0.900 bits per heavy atom. The first-order chi connectivity index (χ1) is 14.6. The van der Waals surface area contributed by atoms with E-state index in [2.05, 4.69) is 52.5 Å². The molecule has 0 spiro atoms. The summed E-state index contributed by atoms with van der Waals surface area (Å²) >= 11 is 6.05. The van der Waals surface area contributed by atoms with E-state index < -0.39 is 0 Å². The number of hydrogen-bond donors (Lipinski definition) is 1. The lowest BCUT2D eigenvalue weighted by Crippen LogP contribution is -2.31. The number of para-hydroxylation sites is 2. The molecule has 0 saturated heterocycles. The fourth-order valence-electron chi connectivity index (χ4n) is 3.97. The first-order valence-electron chi connectivity index (χ1n) is 10.1. The van der Waals surface area contributed by atoms with Gasteiger partial charge in [-0.05, 0) is 48.7 Å². The molecule has 154 valence electrons. The molecule has 3 aromatic carbocycles. The highest BCUT2D eigenvalue weighted by molar-refractivity contribution is 6.30. The molecule has 0 radical (unpaired) electrons. The lowest BCUT2D eigenvalue weighted by atomic mass is 10.0. The third-order valence-corrected chi connectivity index (χ3v) is 5.74. The zero-order chi connectivity index (χ0) is 21.1. The van der Waals surface area contributed by atoms with E-state index in [1.54, 1.807) is 7.11 Å². The Balaban J connectivity index is 1.78. The second-order valence-electron chi connectivity index (χ2n) is 7.69. The van der Waals surface area contributed by atoms with Crippen molar-refractivity contribution in [3.63, 3.8) is 0 Å². The molecule has 4 rings (SSSR count). The molecular formula is C25H26ClN3O. The summed E-state index contributed by atoms with van der Waals surface area (Å²) in [5.74, 6) is 0. The molecule has 1 aromatic heterocycles. The van der Waals surface area contributed by atoms with E-state index >= 15 is 0 Å². The van der Waals surface area contributed by atoms with Gasteiger partial charge in [-0.25, -0.2) is 0 Å². The minimum absolute atomic E-state index is 0.0292. The summed E-state index contributed by atoms with van der Waals surface area (Å²) in [5, 5.41) is 9.74. The molecule has 0 aliphatic heterocycles. The molecule has 0 fully saturated rings. The first kappa shape index (κ1) is 20.5. The van der Waals surface area contributed by atoms with Crippen molar-refractivity contribution in [3.8, 4) is 0 Å². The van der Waals surface area contributed by atoms with Gasteiger partial charge < -0.3 is 13.9 Å². The summed E-state index contributed by atoms with van der Waals surface area (Å²) in [6.45, 7) is 3.25. The van der Waals surface area contributed by atoms with Crippen molar-refractivity contribution >= 4 is 22.6 Å². The molecule has 0 amide bonds. The predicted octanol–water partition coefficient (Wildman–Crippen LogP) is 5.36. The van der Waals surface area contributed by atoms with Crippen LogP contribution in [-0.2, 0) is 17.7 Å². The number of benzene rings is 3. The molecule has 0 unspecified atom stereocenters. The lowest BCUT2D eigenvalue weighted by Gasteiger charge is -2.19. The van der Waals surface area contributed by atoms with Crippen molar-refractivity contribution in [2.75, 3.05) is 13.7 Å². The van der Waals surface area contributed by atoms with E-state index in [1.807, 2.05) is 36.4 Å². The fourth-order valence-corrected chi connectivity index (χ4v) is 4.10. The Morgan fingerprint density at radius 3 is 2.20 bits per heavy atom. The van der Waals surface area contributed by atoms with Gasteiger partial charge in [0.15, 0.2) is 0 Å². The SMILES string of the molecule is COC[C@H](Cc1ccc(C)cc1)n1c(=N)n(Cc2ccc(Cl)cc2)c2ccccc21. The number of halogens is 1. The van der Waals surface area contributed by atoms with Crippen LogP contribution < -0.4 is 5.62 Å². The summed E-state index contributed by atoms with van der Waals surface area (Å²) in [5.41, 5.74) is 6.16. The van der Waals surface area contributed by atoms with Crippen LogP contribution in [0.4, 0.5) is 0 Å². The van der Waals surface area contributed by atoms with Crippen molar-refractivity contribution in [3.05, 3.63) is 100 Å². The highest BCUT2D eigenvalue weighted by Crippen LogP contribution is 2.22. The predicted molar refractivity (Wildman–Crippen MR) is 122 cm³/mol. The quantitative estimate of drug-likeness (QED) is 0.430. The van der Waals surface area contributed by atoms with Crippen molar-refractivity contribution < 1.29 is 4.74 Å². The number of fused-ring (bicyclic) bond motifs is 1. The van der Waals surface area contributed by atoms with Crippen LogP contribution in [-0.4, -0.2) is 22.9 Å². The van der Waals surface area contributed by atoms with Crippen LogP contribution in [0.2, 0.25) is 5.02 Å². The van der Waals surface area contributed by atoms with Gasteiger partial charge in [0.2, 0.25) is 5.62 Å². The number of hydrogen-bond acceptors (Lipinski definition) is 2. The summed E-state index contributed by atoms with van der Waals surface area (Å²) in [6, 6.07) is 24.7. The zero-order valence-corrected chi connectivity index (χ0v) is 18.1. The van der Waals surface area contributed by atoms with Gasteiger partial charge in [0.05, 0.1) is 30.2 Å². The number of nitrogens with one attached hydrogen (secondary N) is 1. The lowest BCUT2D eigenvalue weighted by molar-refractivity contribution is 0.154. The normalized spacial score (nSPS) is 12.4. The number of nitrogens with zero attached hydrogens (tertiary/aromatic N) is 2. The van der Waals surface area contributed by atoms with Crippen LogP contribution in [0, 0.1) is 12.3 Å². The largest absolute Gasteiger partial charge is 0.383 e. The summed E-state index contributed by atoms with van der Waals surface area (Å²) in [7, 11) is 1.72. The maximum absolute atomic E-state index is 9.02. The minimum Gasteiger partial charge on any atom is -0.383 e. The van der Waals surface area contributed by atoms with Crippen LogP contribution in [0.1, 0.15) is 22.7 Å². The van der Waals surface area contributed by atoms with E-state index in [0.717, 1.165) is 28.0 Å². The van der Waals surface area contributed by atoms with Crippen LogP contribution in [0.25, 0.3) is 11.0 Å². The fraction of sp³-hybridized carbons (Fsp3) is 0.240. The van der Waals surface area contributed by atoms with Crippen molar-refractivity contribution in [1.82, 2.24) is 9.13 Å². The van der Waals surface area contributed by atoms with Crippen molar-refractivity contribution in [1.29, 1.82) is 5.41 Å². The standard InChI is InChI=1S/C25H26ClN3O/c1-18-7-9-19(10-8-18)15-22(17-30-2)29-24-6-4-3-5-23(24)28(25(29)27)16-20-11-13-21(26)14-12-20/h3-14,22,27H,15-17H2,1-2H3/t22-/m0/s1. The summed E-state index contributed by atoms with van der Waals surface area (Å²) in [6.07, 6.45) is 0.805. The Kier molecular flexibility index (Phi) is 6.07. The summed E-state index contributed by atoms with van der Waals surface area (Å²) < 4.78 is 9.73. The molecular weight excluding hydrogens is 394 g/mol. The molecule has 0 aliphatic rings. The van der Waals surface area contributed by atoms with E-state index in [-0.39, 0.29) is 6.04 Å². The number of ether oxygens (including phenoxy) is 1. The zero-order valence-electron chi connectivity index (χ0n) is 17.3. The number of aromatic nitrogens is 2. The summed E-state index contributed by atoms with van der Waals surface area (Å²) in [4.78, 5) is 0. The molecule has 5 heteroatoms. The molecule has 30 heavy (non-hydrogen) atoms. The number of rotatable bonds is 7.